The van der Waals surface area contributed by atoms with E-state index >= 15 is 0 Å². The maximum atomic E-state index is 3.28. The SMILES string of the molecule is CCCn1ccc2ccc(C[C@@H]3CCCN3C)cc21.CN1CCC[C@H]1Cc1ccc2cc[nH]c2c1. The van der Waals surface area contributed by atoms with Gasteiger partial charge in [0.15, 0.2) is 0 Å². The van der Waals surface area contributed by atoms with E-state index < -0.39 is 0 Å². The number of likely N-dealkylation sites (N-methyl/N-ethyl adjacent to an activating group) is 2. The highest BCUT2D eigenvalue weighted by Gasteiger charge is 2.21. The molecule has 6 rings (SSSR count). The summed E-state index contributed by atoms with van der Waals surface area (Å²) in [6.45, 7) is 5.88. The number of hydrogen-bond acceptors (Lipinski definition) is 2. The summed E-state index contributed by atoms with van der Waals surface area (Å²) in [6.07, 6.45) is 13.2. The van der Waals surface area contributed by atoms with E-state index in [1.807, 2.05) is 6.20 Å². The summed E-state index contributed by atoms with van der Waals surface area (Å²) in [5.41, 5.74) is 5.61. The van der Waals surface area contributed by atoms with Gasteiger partial charge in [0.1, 0.15) is 0 Å². The van der Waals surface area contributed by atoms with Crippen LogP contribution in [0.4, 0.5) is 0 Å². The fourth-order valence-electron chi connectivity index (χ4n) is 6.03. The normalized spacial score (nSPS) is 21.1. The molecule has 2 aromatic carbocycles. The van der Waals surface area contributed by atoms with Crippen molar-refractivity contribution in [2.75, 3.05) is 27.2 Å². The second-order valence-corrected chi connectivity index (χ2v) is 10.8. The molecule has 0 amide bonds. The van der Waals surface area contributed by atoms with Gasteiger partial charge in [-0.25, -0.2) is 0 Å². The van der Waals surface area contributed by atoms with Gasteiger partial charge in [0.05, 0.1) is 0 Å². The van der Waals surface area contributed by atoms with E-state index in [1.165, 1.54) is 91.0 Å². The number of nitrogens with one attached hydrogen (secondary N) is 1. The molecule has 2 aliphatic rings. The maximum Gasteiger partial charge on any atom is 0.0483 e. The Balaban J connectivity index is 0.000000147. The minimum Gasteiger partial charge on any atom is -0.361 e. The van der Waals surface area contributed by atoms with E-state index in [-0.39, 0.29) is 0 Å². The molecule has 4 nitrogen and oxygen atoms in total. The van der Waals surface area contributed by atoms with Gasteiger partial charge in [0.25, 0.3) is 0 Å². The number of likely N-dealkylation sites (tertiary alicyclic amines) is 2. The molecule has 4 heterocycles. The molecule has 0 spiro atoms. The number of aromatic nitrogens is 2. The molecule has 0 radical (unpaired) electrons. The second-order valence-electron chi connectivity index (χ2n) is 10.8. The average Bonchev–Trinajstić information content (AvgIpc) is 3.65. The van der Waals surface area contributed by atoms with Crippen LogP contribution in [0, 0.1) is 0 Å². The minimum atomic E-state index is 0.743. The van der Waals surface area contributed by atoms with Crippen molar-refractivity contribution in [3.8, 4) is 0 Å². The Labute approximate surface area is 210 Å². The van der Waals surface area contributed by atoms with Crippen LogP contribution in [0.3, 0.4) is 0 Å². The smallest absolute Gasteiger partial charge is 0.0483 e. The number of aromatic amines is 1. The molecule has 0 bridgehead atoms. The summed E-state index contributed by atoms with van der Waals surface area (Å²) in [6, 6.07) is 19.6. The van der Waals surface area contributed by atoms with Gasteiger partial charge < -0.3 is 19.4 Å². The van der Waals surface area contributed by atoms with Crippen LogP contribution >= 0.6 is 0 Å². The summed E-state index contributed by atoms with van der Waals surface area (Å²) >= 11 is 0. The molecule has 2 aliphatic heterocycles. The Kier molecular flexibility index (Phi) is 7.60. The molecule has 4 heteroatoms. The van der Waals surface area contributed by atoms with Crippen molar-refractivity contribution in [1.82, 2.24) is 19.4 Å². The standard InChI is InChI=1S/C17H24N2.C14H18N2/c1-3-9-19-11-8-15-7-6-14(13-17(15)19)12-16-5-4-10-18(16)2;1-16-8-2-3-13(16)9-11-4-5-12-6-7-15-14(12)10-11/h6-8,11,13,16H,3-5,9-10,12H2,1-2H3;4-7,10,13,15H,2-3,8-9H2,1H3/t16-;13-/m00/s1. The maximum absolute atomic E-state index is 3.28. The molecule has 0 unspecified atom stereocenters. The largest absolute Gasteiger partial charge is 0.361 e. The molecular formula is C31H42N4. The van der Waals surface area contributed by atoms with Crippen LogP contribution in [0.1, 0.15) is 50.2 Å². The first-order chi connectivity index (χ1) is 17.1. The van der Waals surface area contributed by atoms with Crippen LogP contribution in [0.15, 0.2) is 60.9 Å². The molecule has 0 aliphatic carbocycles. The first-order valence-electron chi connectivity index (χ1n) is 13.6. The van der Waals surface area contributed by atoms with Crippen molar-refractivity contribution < 1.29 is 0 Å². The van der Waals surface area contributed by atoms with Gasteiger partial charge in [-0.1, -0.05) is 31.2 Å². The Morgan fingerprint density at radius 2 is 1.46 bits per heavy atom. The van der Waals surface area contributed by atoms with Crippen LogP contribution in [0.2, 0.25) is 0 Å². The summed E-state index contributed by atoms with van der Waals surface area (Å²) < 4.78 is 2.39. The van der Waals surface area contributed by atoms with Crippen LogP contribution in [-0.2, 0) is 19.4 Å². The molecule has 0 saturated carbocycles. The minimum absolute atomic E-state index is 0.743. The fourth-order valence-corrected chi connectivity index (χ4v) is 6.03. The highest BCUT2D eigenvalue weighted by atomic mass is 15.1. The summed E-state index contributed by atoms with van der Waals surface area (Å²) in [5, 5.41) is 2.68. The molecule has 2 atom stereocenters. The summed E-state index contributed by atoms with van der Waals surface area (Å²) in [4.78, 5) is 8.28. The number of H-pyrrole nitrogens is 1. The predicted molar refractivity (Wildman–Crippen MR) is 149 cm³/mol. The summed E-state index contributed by atoms with van der Waals surface area (Å²) in [7, 11) is 4.50. The van der Waals surface area contributed by atoms with Crippen molar-refractivity contribution in [3.63, 3.8) is 0 Å². The fraction of sp³-hybridized carbons (Fsp3) is 0.484. The first-order valence-corrected chi connectivity index (χ1v) is 13.6. The molecule has 2 saturated heterocycles. The molecule has 35 heavy (non-hydrogen) atoms. The van der Waals surface area contributed by atoms with Gasteiger partial charge in [-0.05, 0) is 118 Å². The monoisotopic (exact) mass is 470 g/mol. The van der Waals surface area contributed by atoms with Crippen molar-refractivity contribution in [2.45, 2.75) is 70.5 Å². The quantitative estimate of drug-likeness (QED) is 0.349. The number of aryl methyl sites for hydroxylation is 1. The molecule has 186 valence electrons. The second kappa shape index (κ2) is 11.0. The molecule has 1 N–H and O–H groups in total. The predicted octanol–water partition coefficient (Wildman–Crippen LogP) is 6.49. The molecule has 4 aromatic rings. The van der Waals surface area contributed by atoms with E-state index in [0.29, 0.717) is 0 Å². The Morgan fingerprint density at radius 3 is 2.09 bits per heavy atom. The van der Waals surface area contributed by atoms with Gasteiger partial charge in [-0.2, -0.15) is 0 Å². The van der Waals surface area contributed by atoms with Crippen molar-refractivity contribution in [3.05, 3.63) is 72.1 Å². The first kappa shape index (κ1) is 24.1. The Morgan fingerprint density at radius 1 is 0.800 bits per heavy atom. The topological polar surface area (TPSA) is 27.2 Å². The van der Waals surface area contributed by atoms with Crippen LogP contribution < -0.4 is 0 Å². The van der Waals surface area contributed by atoms with Gasteiger partial charge >= 0.3 is 0 Å². The van der Waals surface area contributed by atoms with Crippen LogP contribution in [-0.4, -0.2) is 58.6 Å². The third-order valence-corrected chi connectivity index (χ3v) is 8.21. The number of nitrogens with zero attached hydrogens (tertiary/aromatic N) is 3. The number of hydrogen-bond donors (Lipinski definition) is 1. The van der Waals surface area contributed by atoms with Crippen molar-refractivity contribution >= 4 is 21.8 Å². The molecule has 2 aromatic heterocycles. The van der Waals surface area contributed by atoms with Crippen LogP contribution in [0.25, 0.3) is 21.8 Å². The molecular weight excluding hydrogens is 428 g/mol. The van der Waals surface area contributed by atoms with E-state index in [4.69, 9.17) is 0 Å². The Hall–Kier alpha value is -2.56. The lowest BCUT2D eigenvalue weighted by Crippen LogP contribution is -2.26. The van der Waals surface area contributed by atoms with Crippen molar-refractivity contribution in [1.29, 1.82) is 0 Å². The lowest BCUT2D eigenvalue weighted by molar-refractivity contribution is 0.309. The highest BCUT2D eigenvalue weighted by Crippen LogP contribution is 2.24. The zero-order valence-corrected chi connectivity index (χ0v) is 21.8. The zero-order valence-electron chi connectivity index (χ0n) is 21.8. The number of rotatable bonds is 6. The third kappa shape index (κ3) is 5.65. The van der Waals surface area contributed by atoms with E-state index in [9.17, 15) is 0 Å². The van der Waals surface area contributed by atoms with E-state index in [2.05, 4.69) is 95.1 Å². The van der Waals surface area contributed by atoms with Gasteiger partial charge in [0, 0.05) is 42.1 Å². The highest BCUT2D eigenvalue weighted by molar-refractivity contribution is 5.81. The Bertz CT molecular complexity index is 1240. The van der Waals surface area contributed by atoms with Gasteiger partial charge in [0.2, 0.25) is 0 Å². The third-order valence-electron chi connectivity index (χ3n) is 8.21. The summed E-state index contributed by atoms with van der Waals surface area (Å²) in [5.74, 6) is 0. The number of benzene rings is 2. The lowest BCUT2D eigenvalue weighted by atomic mass is 10.0. The van der Waals surface area contributed by atoms with Crippen LogP contribution in [0.5, 0.6) is 0 Å². The average molecular weight is 471 g/mol. The van der Waals surface area contributed by atoms with Crippen molar-refractivity contribution in [2.24, 2.45) is 0 Å². The lowest BCUT2D eigenvalue weighted by Gasteiger charge is -2.19. The van der Waals surface area contributed by atoms with E-state index in [0.717, 1.165) is 18.6 Å². The van der Waals surface area contributed by atoms with Gasteiger partial charge in [-0.3, -0.25) is 0 Å². The number of fused-ring (bicyclic) bond motifs is 2. The van der Waals surface area contributed by atoms with Gasteiger partial charge in [-0.15, -0.1) is 0 Å². The van der Waals surface area contributed by atoms with E-state index in [1.54, 1.807) is 0 Å². The zero-order chi connectivity index (χ0) is 24.2. The molecule has 2 fully saturated rings.